The van der Waals surface area contributed by atoms with Gasteiger partial charge in [0.2, 0.25) is 0 Å². The van der Waals surface area contributed by atoms with Crippen LogP contribution in [0.3, 0.4) is 0 Å². The number of likely N-dealkylation sites (tertiary alicyclic amines) is 1. The normalized spacial score (nSPS) is 22.4. The lowest BCUT2D eigenvalue weighted by Crippen LogP contribution is -2.36. The fourth-order valence-electron chi connectivity index (χ4n) is 3.23. The Bertz CT molecular complexity index is 441. The Morgan fingerprint density at radius 2 is 2.19 bits per heavy atom. The molecule has 0 spiro atoms. The van der Waals surface area contributed by atoms with Crippen molar-refractivity contribution in [3.63, 3.8) is 0 Å². The highest BCUT2D eigenvalue weighted by Crippen LogP contribution is 2.26. The number of methoxy groups -OCH3 is 1. The summed E-state index contributed by atoms with van der Waals surface area (Å²) < 4.78 is 19.5. The van der Waals surface area contributed by atoms with E-state index in [1.807, 2.05) is 12.1 Å². The summed E-state index contributed by atoms with van der Waals surface area (Å²) >= 11 is 0. The maximum absolute atomic E-state index is 14.1. The molecule has 1 aliphatic heterocycles. The van der Waals surface area contributed by atoms with Gasteiger partial charge in [-0.1, -0.05) is 32.0 Å². The summed E-state index contributed by atoms with van der Waals surface area (Å²) in [6, 6.07) is 7.14. The summed E-state index contributed by atoms with van der Waals surface area (Å²) in [6.07, 6.45) is 1.44. The Kier molecular flexibility index (Phi) is 6.15. The number of halogens is 1. The first kappa shape index (κ1) is 16.4. The number of rotatable bonds is 7. The molecule has 1 aliphatic rings. The molecule has 21 heavy (non-hydrogen) atoms. The summed E-state index contributed by atoms with van der Waals surface area (Å²) in [4.78, 5) is 2.42. The zero-order chi connectivity index (χ0) is 15.2. The van der Waals surface area contributed by atoms with Crippen LogP contribution in [0.25, 0.3) is 0 Å². The van der Waals surface area contributed by atoms with Gasteiger partial charge >= 0.3 is 0 Å². The predicted octanol–water partition coefficient (Wildman–Crippen LogP) is 2.83. The van der Waals surface area contributed by atoms with Gasteiger partial charge in [-0.25, -0.2) is 4.39 Å². The van der Waals surface area contributed by atoms with Crippen LogP contribution in [0, 0.1) is 11.7 Å². The smallest absolute Gasteiger partial charge is 0.127 e. The van der Waals surface area contributed by atoms with Crippen LogP contribution < -0.4 is 5.32 Å². The monoisotopic (exact) mass is 294 g/mol. The van der Waals surface area contributed by atoms with E-state index in [9.17, 15) is 4.39 Å². The lowest BCUT2D eigenvalue weighted by molar-refractivity contribution is 0.105. The highest BCUT2D eigenvalue weighted by atomic mass is 19.1. The highest BCUT2D eigenvalue weighted by molar-refractivity contribution is 5.22. The predicted molar refractivity (Wildman–Crippen MR) is 83.8 cm³/mol. The van der Waals surface area contributed by atoms with Crippen LogP contribution in [0.2, 0.25) is 0 Å². The van der Waals surface area contributed by atoms with E-state index >= 15 is 0 Å². The van der Waals surface area contributed by atoms with Crippen molar-refractivity contribution < 1.29 is 9.13 Å². The second-order valence-corrected chi connectivity index (χ2v) is 5.94. The third kappa shape index (κ3) is 4.25. The fourth-order valence-corrected chi connectivity index (χ4v) is 3.23. The molecule has 118 valence electrons. The summed E-state index contributed by atoms with van der Waals surface area (Å²) in [5, 5.41) is 3.44. The van der Waals surface area contributed by atoms with E-state index in [4.69, 9.17) is 4.74 Å². The van der Waals surface area contributed by atoms with Crippen LogP contribution in [0.5, 0.6) is 0 Å². The number of ether oxygens (including phenoxy) is 1. The third-order valence-electron chi connectivity index (χ3n) is 4.34. The molecule has 0 aliphatic carbocycles. The Morgan fingerprint density at radius 1 is 1.43 bits per heavy atom. The maximum Gasteiger partial charge on any atom is 0.127 e. The van der Waals surface area contributed by atoms with Gasteiger partial charge in [0.25, 0.3) is 0 Å². The van der Waals surface area contributed by atoms with Crippen molar-refractivity contribution in [2.45, 2.75) is 32.4 Å². The molecule has 1 saturated heterocycles. The lowest BCUT2D eigenvalue weighted by atomic mass is 9.93. The largest absolute Gasteiger partial charge is 0.380 e. The molecule has 0 bridgehead atoms. The zero-order valence-electron chi connectivity index (χ0n) is 13.3. The summed E-state index contributed by atoms with van der Waals surface area (Å²) in [5.74, 6) is 0.226. The second-order valence-electron chi connectivity index (χ2n) is 5.94. The van der Waals surface area contributed by atoms with Crippen molar-refractivity contribution in [2.75, 3.05) is 33.3 Å². The minimum absolute atomic E-state index is 0.0535. The Hall–Kier alpha value is -0.970. The van der Waals surface area contributed by atoms with Gasteiger partial charge in [0.1, 0.15) is 5.82 Å². The van der Waals surface area contributed by atoms with Gasteiger partial charge in [-0.2, -0.15) is 0 Å². The zero-order valence-corrected chi connectivity index (χ0v) is 13.3. The second kappa shape index (κ2) is 7.87. The van der Waals surface area contributed by atoms with Crippen molar-refractivity contribution in [3.8, 4) is 0 Å². The van der Waals surface area contributed by atoms with Crippen molar-refractivity contribution in [2.24, 2.45) is 5.92 Å². The molecule has 0 saturated carbocycles. The Labute approximate surface area is 127 Å². The molecule has 2 rings (SSSR count). The number of hydrogen-bond donors (Lipinski definition) is 1. The third-order valence-corrected chi connectivity index (χ3v) is 4.34. The Balaban J connectivity index is 2.02. The molecule has 1 heterocycles. The average molecular weight is 294 g/mol. The molecule has 1 fully saturated rings. The number of benzene rings is 1. The first-order valence-electron chi connectivity index (χ1n) is 7.88. The molecule has 3 atom stereocenters. The molecular weight excluding hydrogens is 267 g/mol. The molecule has 3 nitrogen and oxygen atoms in total. The average Bonchev–Trinajstić information content (AvgIpc) is 2.93. The van der Waals surface area contributed by atoms with Crippen molar-refractivity contribution in [1.29, 1.82) is 0 Å². The molecule has 0 aromatic heterocycles. The minimum Gasteiger partial charge on any atom is -0.380 e. The van der Waals surface area contributed by atoms with Crippen molar-refractivity contribution in [3.05, 3.63) is 35.6 Å². The molecule has 4 heteroatoms. The van der Waals surface area contributed by atoms with E-state index in [1.165, 1.54) is 0 Å². The number of nitrogens with zero attached hydrogens (tertiary/aromatic N) is 1. The van der Waals surface area contributed by atoms with E-state index in [1.54, 1.807) is 19.2 Å². The molecule has 1 aromatic carbocycles. The molecule has 0 amide bonds. The Morgan fingerprint density at radius 3 is 2.81 bits per heavy atom. The SMILES string of the molecule is CCNC(c1ccccc1F)C(C)CN1CCC(OC)C1. The standard InChI is InChI=1S/C17H27FN2O/c1-4-19-17(15-7-5-6-8-16(15)18)13(2)11-20-10-9-14(12-20)21-3/h5-8,13-14,17,19H,4,9-12H2,1-3H3. The van der Waals surface area contributed by atoms with Crippen LogP contribution in [0.1, 0.15) is 31.9 Å². The molecule has 0 radical (unpaired) electrons. The highest BCUT2D eigenvalue weighted by Gasteiger charge is 2.27. The topological polar surface area (TPSA) is 24.5 Å². The van der Waals surface area contributed by atoms with Gasteiger partial charge in [0, 0.05) is 38.3 Å². The fraction of sp³-hybridized carbons (Fsp3) is 0.647. The maximum atomic E-state index is 14.1. The summed E-state index contributed by atoms with van der Waals surface area (Å²) in [5.41, 5.74) is 0.773. The van der Waals surface area contributed by atoms with Gasteiger partial charge < -0.3 is 15.0 Å². The van der Waals surface area contributed by atoms with E-state index in [2.05, 4.69) is 24.1 Å². The molecular formula is C17H27FN2O. The lowest BCUT2D eigenvalue weighted by Gasteiger charge is -2.29. The van der Waals surface area contributed by atoms with Gasteiger partial charge in [0.15, 0.2) is 0 Å². The van der Waals surface area contributed by atoms with Crippen molar-refractivity contribution in [1.82, 2.24) is 10.2 Å². The van der Waals surface area contributed by atoms with E-state index < -0.39 is 0 Å². The molecule has 1 aromatic rings. The quantitative estimate of drug-likeness (QED) is 0.837. The van der Waals surface area contributed by atoms with Crippen LogP contribution >= 0.6 is 0 Å². The van der Waals surface area contributed by atoms with Crippen LogP contribution in [0.15, 0.2) is 24.3 Å². The van der Waals surface area contributed by atoms with E-state index in [-0.39, 0.29) is 11.9 Å². The first-order valence-corrected chi connectivity index (χ1v) is 7.88. The van der Waals surface area contributed by atoms with Crippen LogP contribution in [0.4, 0.5) is 4.39 Å². The van der Waals surface area contributed by atoms with E-state index in [0.717, 1.165) is 38.2 Å². The van der Waals surface area contributed by atoms with Crippen LogP contribution in [-0.2, 0) is 4.74 Å². The van der Waals surface area contributed by atoms with Gasteiger partial charge in [-0.15, -0.1) is 0 Å². The summed E-state index contributed by atoms with van der Waals surface area (Å²) in [7, 11) is 1.78. The van der Waals surface area contributed by atoms with E-state index in [0.29, 0.717) is 12.0 Å². The van der Waals surface area contributed by atoms with Gasteiger partial charge in [-0.05, 0) is 24.9 Å². The van der Waals surface area contributed by atoms with Crippen molar-refractivity contribution >= 4 is 0 Å². The van der Waals surface area contributed by atoms with Gasteiger partial charge in [-0.3, -0.25) is 0 Å². The summed E-state index contributed by atoms with van der Waals surface area (Å²) in [6.45, 7) is 8.11. The van der Waals surface area contributed by atoms with Crippen LogP contribution in [-0.4, -0.2) is 44.3 Å². The molecule has 1 N–H and O–H groups in total. The molecule has 3 unspecified atom stereocenters. The minimum atomic E-state index is -0.119. The number of hydrogen-bond acceptors (Lipinski definition) is 3. The van der Waals surface area contributed by atoms with Gasteiger partial charge in [0.05, 0.1) is 6.10 Å². The first-order chi connectivity index (χ1) is 10.2. The number of nitrogens with one attached hydrogen (secondary N) is 1.